The van der Waals surface area contributed by atoms with E-state index in [1.807, 2.05) is 0 Å². The molecule has 0 heterocycles. The Morgan fingerprint density at radius 3 is 1.29 bits per heavy atom. The molecule has 0 aromatic carbocycles. The zero-order valence-corrected chi connectivity index (χ0v) is 16.0. The van der Waals surface area contributed by atoms with Crippen LogP contribution in [0.25, 0.3) is 0 Å². The first-order valence-corrected chi connectivity index (χ1v) is 9.06. The molecule has 0 spiro atoms. The van der Waals surface area contributed by atoms with E-state index < -0.39 is 23.9 Å². The fraction of sp³-hybridized carbons (Fsp3) is 0.474. The summed E-state index contributed by atoms with van der Waals surface area (Å²) in [5.74, 6) is -1.54. The van der Waals surface area contributed by atoms with Gasteiger partial charge in [-0.1, -0.05) is 0 Å². The quantitative estimate of drug-likeness (QED) is 0.421. The monoisotopic (exact) mass is 422 g/mol. The highest BCUT2D eigenvalue weighted by Crippen LogP contribution is 2.43. The SMILES string of the molecule is O=C=NC1=C(N=C=O)C(CC2C(N=C=O)=C(N=C=O)CCC2N=C=O)C(N=C=O)CC1. The van der Waals surface area contributed by atoms with Crippen molar-refractivity contribution < 1.29 is 28.8 Å². The van der Waals surface area contributed by atoms with Crippen molar-refractivity contribution in [2.45, 2.75) is 44.2 Å². The van der Waals surface area contributed by atoms with E-state index in [1.165, 1.54) is 36.5 Å². The highest BCUT2D eigenvalue weighted by Gasteiger charge is 2.40. The predicted octanol–water partition coefficient (Wildman–Crippen LogP) is 1.37. The molecule has 12 heteroatoms. The summed E-state index contributed by atoms with van der Waals surface area (Å²) < 4.78 is 0. The first-order chi connectivity index (χ1) is 15.1. The van der Waals surface area contributed by atoms with Crippen LogP contribution in [0.4, 0.5) is 0 Å². The van der Waals surface area contributed by atoms with E-state index in [9.17, 15) is 28.8 Å². The number of allylic oxidation sites excluding steroid dienone is 2. The third-order valence-electron chi connectivity index (χ3n) is 5.21. The van der Waals surface area contributed by atoms with Crippen molar-refractivity contribution in [3.8, 4) is 0 Å². The molecule has 31 heavy (non-hydrogen) atoms. The standard InChI is InChI=1S/C19H14N6O6/c26-6-20-14-1-3-16(22-8-28)18(24-10-30)12(14)5-13-15(21-7-27)2-4-17(23-9-29)19(13)25-11-31/h12-15H,1-5H2. The van der Waals surface area contributed by atoms with E-state index in [1.54, 1.807) is 0 Å². The van der Waals surface area contributed by atoms with Crippen molar-refractivity contribution in [2.75, 3.05) is 0 Å². The van der Waals surface area contributed by atoms with Crippen LogP contribution >= 0.6 is 0 Å². The molecule has 156 valence electrons. The van der Waals surface area contributed by atoms with Crippen LogP contribution in [-0.4, -0.2) is 48.6 Å². The molecule has 2 aliphatic rings. The number of nitrogens with zero attached hydrogens (tertiary/aromatic N) is 6. The van der Waals surface area contributed by atoms with E-state index in [2.05, 4.69) is 30.0 Å². The van der Waals surface area contributed by atoms with Gasteiger partial charge in [0, 0.05) is 11.8 Å². The van der Waals surface area contributed by atoms with Crippen molar-refractivity contribution in [1.82, 2.24) is 0 Å². The Morgan fingerprint density at radius 1 is 0.581 bits per heavy atom. The van der Waals surface area contributed by atoms with Gasteiger partial charge < -0.3 is 0 Å². The summed E-state index contributed by atoms with van der Waals surface area (Å²) in [5, 5.41) is 0. The molecule has 2 rings (SSSR count). The lowest BCUT2D eigenvalue weighted by Gasteiger charge is -2.34. The summed E-state index contributed by atoms with van der Waals surface area (Å²) in [4.78, 5) is 87.5. The normalized spacial score (nSPS) is 24.8. The van der Waals surface area contributed by atoms with E-state index in [0.29, 0.717) is 0 Å². The molecule has 2 aliphatic carbocycles. The average Bonchev–Trinajstić information content (AvgIpc) is 2.76. The van der Waals surface area contributed by atoms with E-state index in [-0.39, 0.29) is 54.9 Å². The molecule has 0 N–H and O–H groups in total. The maximum atomic E-state index is 11.0. The fourth-order valence-corrected chi connectivity index (χ4v) is 4.01. The molecule has 12 nitrogen and oxygen atoms in total. The largest absolute Gasteiger partial charge is 0.240 e. The zero-order valence-electron chi connectivity index (χ0n) is 16.0. The van der Waals surface area contributed by atoms with Crippen molar-refractivity contribution in [3.05, 3.63) is 22.8 Å². The Kier molecular flexibility index (Phi) is 8.69. The maximum Gasteiger partial charge on any atom is 0.240 e. The topological polar surface area (TPSA) is 177 Å². The summed E-state index contributed by atoms with van der Waals surface area (Å²) in [7, 11) is 0. The van der Waals surface area contributed by atoms with Gasteiger partial charge >= 0.3 is 0 Å². The molecule has 0 bridgehead atoms. The molecule has 0 aromatic rings. The van der Waals surface area contributed by atoms with Gasteiger partial charge in [-0.2, -0.15) is 20.0 Å². The maximum absolute atomic E-state index is 11.0. The van der Waals surface area contributed by atoms with Crippen LogP contribution in [0, 0.1) is 11.8 Å². The lowest BCUT2D eigenvalue weighted by molar-refractivity contribution is 0.305. The molecule has 0 aliphatic heterocycles. The second-order valence-corrected chi connectivity index (χ2v) is 6.58. The van der Waals surface area contributed by atoms with Crippen molar-refractivity contribution in [1.29, 1.82) is 0 Å². The Hall–Kier alpha value is -4.24. The van der Waals surface area contributed by atoms with Crippen LogP contribution in [0.15, 0.2) is 52.7 Å². The van der Waals surface area contributed by atoms with Gasteiger partial charge in [0.15, 0.2) is 0 Å². The van der Waals surface area contributed by atoms with E-state index in [0.717, 1.165) is 0 Å². The van der Waals surface area contributed by atoms with Crippen LogP contribution in [0.5, 0.6) is 0 Å². The molecule has 4 unspecified atom stereocenters. The minimum Gasteiger partial charge on any atom is -0.211 e. The first kappa shape index (κ1) is 23.0. The Morgan fingerprint density at radius 2 is 0.968 bits per heavy atom. The minimum absolute atomic E-state index is 0.0163. The van der Waals surface area contributed by atoms with Crippen molar-refractivity contribution in [2.24, 2.45) is 41.8 Å². The highest BCUT2D eigenvalue weighted by molar-refractivity contribution is 5.46. The molecule has 0 aromatic heterocycles. The van der Waals surface area contributed by atoms with Crippen LogP contribution in [0.1, 0.15) is 32.1 Å². The number of aliphatic imine (C=N–C) groups is 6. The predicted molar refractivity (Wildman–Crippen MR) is 100 cm³/mol. The molecular weight excluding hydrogens is 408 g/mol. The molecule has 0 saturated carbocycles. The minimum atomic E-state index is -0.769. The number of isocyanates is 6. The van der Waals surface area contributed by atoms with Gasteiger partial charge in [-0.25, -0.2) is 38.8 Å². The van der Waals surface area contributed by atoms with Gasteiger partial charge in [-0.15, -0.1) is 0 Å². The van der Waals surface area contributed by atoms with Gasteiger partial charge in [0.1, 0.15) is 0 Å². The summed E-state index contributed by atoms with van der Waals surface area (Å²) in [6.07, 6.45) is 9.46. The van der Waals surface area contributed by atoms with Gasteiger partial charge in [0.2, 0.25) is 36.5 Å². The lowest BCUT2D eigenvalue weighted by Crippen LogP contribution is -2.33. The van der Waals surface area contributed by atoms with Crippen LogP contribution in [-0.2, 0) is 28.8 Å². The third-order valence-corrected chi connectivity index (χ3v) is 5.21. The summed E-state index contributed by atoms with van der Waals surface area (Å²) in [5.41, 5.74) is 0.454. The van der Waals surface area contributed by atoms with Gasteiger partial charge in [-0.05, 0) is 32.1 Å². The second-order valence-electron chi connectivity index (χ2n) is 6.58. The summed E-state index contributed by atoms with van der Waals surface area (Å²) in [6, 6.07) is -1.39. The van der Waals surface area contributed by atoms with Crippen LogP contribution in [0.3, 0.4) is 0 Å². The second kappa shape index (κ2) is 11.7. The Labute approximate surface area is 174 Å². The van der Waals surface area contributed by atoms with Crippen LogP contribution < -0.4 is 0 Å². The van der Waals surface area contributed by atoms with Gasteiger partial charge in [0.05, 0.1) is 34.9 Å². The molecular formula is C19H14N6O6. The summed E-state index contributed by atoms with van der Waals surface area (Å²) in [6.45, 7) is 0. The first-order valence-electron chi connectivity index (χ1n) is 9.06. The molecule has 0 fully saturated rings. The van der Waals surface area contributed by atoms with E-state index >= 15 is 0 Å². The van der Waals surface area contributed by atoms with Gasteiger partial charge in [0.25, 0.3) is 0 Å². The summed E-state index contributed by atoms with van der Waals surface area (Å²) >= 11 is 0. The van der Waals surface area contributed by atoms with Crippen molar-refractivity contribution >= 4 is 36.5 Å². The van der Waals surface area contributed by atoms with Crippen molar-refractivity contribution in [3.63, 3.8) is 0 Å². The number of hydrogen-bond acceptors (Lipinski definition) is 12. The number of rotatable bonds is 8. The molecule has 0 radical (unpaired) electrons. The smallest absolute Gasteiger partial charge is 0.211 e. The van der Waals surface area contributed by atoms with Gasteiger partial charge in [-0.3, -0.25) is 0 Å². The fourth-order valence-electron chi connectivity index (χ4n) is 4.01. The molecule has 4 atom stereocenters. The highest BCUT2D eigenvalue weighted by atomic mass is 16.1. The van der Waals surface area contributed by atoms with Crippen LogP contribution in [0.2, 0.25) is 0 Å². The lowest BCUT2D eigenvalue weighted by atomic mass is 9.74. The average molecular weight is 422 g/mol. The Bertz CT molecular complexity index is 1000. The third kappa shape index (κ3) is 5.43. The number of hydrogen-bond donors (Lipinski definition) is 0. The number of carbonyl (C=O) groups excluding carboxylic acids is 6. The molecule has 0 amide bonds. The zero-order chi connectivity index (χ0) is 22.6. The van der Waals surface area contributed by atoms with E-state index in [4.69, 9.17) is 0 Å². The Balaban J connectivity index is 2.69. The molecule has 0 saturated heterocycles.